The first-order chi connectivity index (χ1) is 16.8. The molecule has 10 heteroatoms. The van der Waals surface area contributed by atoms with E-state index in [0.717, 1.165) is 37.7 Å². The third-order valence-corrected chi connectivity index (χ3v) is 5.47. The minimum atomic E-state index is -1.26. The molecule has 9 nitrogen and oxygen atoms in total. The molecule has 3 rings (SSSR count). The van der Waals surface area contributed by atoms with Gasteiger partial charge in [-0.3, -0.25) is 9.80 Å². The molecule has 0 aromatic heterocycles. The average Bonchev–Trinajstić information content (AvgIpc) is 2.84. The second kappa shape index (κ2) is 14.9. The first kappa shape index (κ1) is 28.0. The highest BCUT2D eigenvalue weighted by atomic mass is 35.5. The highest BCUT2D eigenvalue weighted by molar-refractivity contribution is 6.30. The number of hydrogen-bond acceptors (Lipinski definition) is 6. The van der Waals surface area contributed by atoms with Gasteiger partial charge in [-0.25, -0.2) is 14.4 Å². The van der Waals surface area contributed by atoms with Crippen molar-refractivity contribution in [3.8, 4) is 0 Å². The molecular weight excluding hydrogens is 476 g/mol. The Balaban J connectivity index is 0.000000466. The highest BCUT2D eigenvalue weighted by Crippen LogP contribution is 2.30. The van der Waals surface area contributed by atoms with Crippen LogP contribution in [0, 0.1) is 0 Å². The summed E-state index contributed by atoms with van der Waals surface area (Å²) >= 11 is 6.08. The van der Waals surface area contributed by atoms with E-state index in [9.17, 15) is 14.4 Å². The minimum Gasteiger partial charge on any atom is -0.480 e. The maximum atomic E-state index is 10.5. The summed E-state index contributed by atoms with van der Waals surface area (Å²) in [6.07, 6.45) is 1.12. The van der Waals surface area contributed by atoms with E-state index in [1.54, 1.807) is 0 Å². The van der Waals surface area contributed by atoms with E-state index in [-0.39, 0.29) is 12.6 Å². The maximum Gasteiger partial charge on any atom is 0.329 e. The lowest BCUT2D eigenvalue weighted by atomic mass is 9.96. The number of aliphatic carboxylic acids is 3. The van der Waals surface area contributed by atoms with Crippen LogP contribution in [0.15, 0.2) is 66.7 Å². The molecule has 1 aliphatic rings. The maximum absolute atomic E-state index is 10.5. The van der Waals surface area contributed by atoms with E-state index in [4.69, 9.17) is 31.7 Å². The van der Waals surface area contributed by atoms with Crippen LogP contribution >= 0.6 is 11.6 Å². The largest absolute Gasteiger partial charge is 0.480 e. The van der Waals surface area contributed by atoms with Gasteiger partial charge < -0.3 is 20.1 Å². The van der Waals surface area contributed by atoms with E-state index in [2.05, 4.69) is 46.2 Å². The fourth-order valence-electron chi connectivity index (χ4n) is 3.64. The first-order valence-corrected chi connectivity index (χ1v) is 11.3. The standard InChI is InChI=1S/C21H25ClN2O3.C4H4O4/c22-19-8-6-18(7-9-19)21(17-4-2-1-3-5-17)24-12-10-23(11-13-24)14-15-27-16-20(25)26;5-3(6)1-2-4(7)8/h1-9,21H,10-16H2,(H,25,26);1-2H,(H,5,6)(H,7,8)/b;2-1-/t21-;/m1./s1. The van der Waals surface area contributed by atoms with Gasteiger partial charge in [0, 0.05) is 49.9 Å². The molecule has 0 radical (unpaired) electrons. The quantitative estimate of drug-likeness (QED) is 0.330. The van der Waals surface area contributed by atoms with Crippen LogP contribution in [-0.2, 0) is 19.1 Å². The van der Waals surface area contributed by atoms with E-state index >= 15 is 0 Å². The molecule has 0 bridgehead atoms. The van der Waals surface area contributed by atoms with Crippen LogP contribution in [0.25, 0.3) is 0 Å². The number of ether oxygens (including phenoxy) is 1. The van der Waals surface area contributed by atoms with Crippen LogP contribution in [0.3, 0.4) is 0 Å². The topological polar surface area (TPSA) is 128 Å². The molecule has 3 N–H and O–H groups in total. The number of nitrogens with zero attached hydrogens (tertiary/aromatic N) is 2. The number of carbonyl (C=O) groups is 3. The van der Waals surface area contributed by atoms with Crippen molar-refractivity contribution in [2.24, 2.45) is 0 Å². The molecule has 188 valence electrons. The number of piperazine rings is 1. The second-order valence-electron chi connectivity index (χ2n) is 7.70. The van der Waals surface area contributed by atoms with Gasteiger partial charge in [-0.1, -0.05) is 54.1 Å². The van der Waals surface area contributed by atoms with Crippen molar-refractivity contribution < 1.29 is 34.4 Å². The molecule has 1 heterocycles. The minimum absolute atomic E-state index is 0.203. The number of hydrogen-bond donors (Lipinski definition) is 3. The van der Waals surface area contributed by atoms with Crippen molar-refractivity contribution in [1.29, 1.82) is 0 Å². The molecule has 0 amide bonds. The van der Waals surface area contributed by atoms with Gasteiger partial charge in [0.25, 0.3) is 0 Å². The van der Waals surface area contributed by atoms with Crippen molar-refractivity contribution in [2.45, 2.75) is 6.04 Å². The van der Waals surface area contributed by atoms with Gasteiger partial charge in [-0.2, -0.15) is 0 Å². The zero-order chi connectivity index (χ0) is 25.6. The molecule has 1 aliphatic heterocycles. The molecule has 0 unspecified atom stereocenters. The van der Waals surface area contributed by atoms with Crippen LogP contribution in [-0.4, -0.2) is 89.0 Å². The highest BCUT2D eigenvalue weighted by Gasteiger charge is 2.26. The van der Waals surface area contributed by atoms with Gasteiger partial charge in [0.15, 0.2) is 0 Å². The molecule has 0 aliphatic carbocycles. The predicted octanol–water partition coefficient (Wildman–Crippen LogP) is 2.86. The van der Waals surface area contributed by atoms with Crippen molar-refractivity contribution in [2.75, 3.05) is 45.9 Å². The van der Waals surface area contributed by atoms with Crippen LogP contribution < -0.4 is 0 Å². The Morgan fingerprint density at radius 2 is 1.40 bits per heavy atom. The van der Waals surface area contributed by atoms with Crippen molar-refractivity contribution in [3.63, 3.8) is 0 Å². The summed E-state index contributed by atoms with van der Waals surface area (Å²) in [6.45, 7) is 4.75. The molecular formula is C25H29ClN2O7. The molecule has 1 fully saturated rings. The SMILES string of the molecule is O=C(O)/C=C\C(=O)O.O=C(O)COCCN1CCN([C@H](c2ccccc2)c2ccc(Cl)cc2)CC1. The summed E-state index contributed by atoms with van der Waals surface area (Å²) in [6, 6.07) is 18.8. The molecule has 35 heavy (non-hydrogen) atoms. The molecule has 0 spiro atoms. The van der Waals surface area contributed by atoms with E-state index in [1.807, 2.05) is 18.2 Å². The fraction of sp³-hybridized carbons (Fsp3) is 0.320. The zero-order valence-electron chi connectivity index (χ0n) is 19.1. The number of carboxylic acid groups (broad SMARTS) is 3. The van der Waals surface area contributed by atoms with Gasteiger partial charge in [0.1, 0.15) is 6.61 Å². The van der Waals surface area contributed by atoms with E-state index in [0.29, 0.717) is 18.8 Å². The van der Waals surface area contributed by atoms with Crippen LogP contribution in [0.1, 0.15) is 17.2 Å². The van der Waals surface area contributed by atoms with Crippen LogP contribution in [0.4, 0.5) is 0 Å². The summed E-state index contributed by atoms with van der Waals surface area (Å²) in [7, 11) is 0. The van der Waals surface area contributed by atoms with Gasteiger partial charge in [0.2, 0.25) is 0 Å². The summed E-state index contributed by atoms with van der Waals surface area (Å²) in [4.78, 5) is 34.4. The third kappa shape index (κ3) is 10.7. The van der Waals surface area contributed by atoms with Gasteiger partial charge in [-0.05, 0) is 23.3 Å². The number of carboxylic acids is 3. The van der Waals surface area contributed by atoms with E-state index < -0.39 is 17.9 Å². The smallest absolute Gasteiger partial charge is 0.329 e. The monoisotopic (exact) mass is 504 g/mol. The number of benzene rings is 2. The average molecular weight is 505 g/mol. The summed E-state index contributed by atoms with van der Waals surface area (Å²) in [5.41, 5.74) is 2.52. The Morgan fingerprint density at radius 1 is 0.857 bits per heavy atom. The van der Waals surface area contributed by atoms with Crippen molar-refractivity contribution >= 4 is 29.5 Å². The lowest BCUT2D eigenvalue weighted by Crippen LogP contribution is -2.48. The second-order valence-corrected chi connectivity index (χ2v) is 8.13. The Bertz CT molecular complexity index is 959. The molecule has 1 saturated heterocycles. The Labute approximate surface area is 208 Å². The van der Waals surface area contributed by atoms with Crippen molar-refractivity contribution in [3.05, 3.63) is 82.9 Å². The summed E-state index contributed by atoms with van der Waals surface area (Å²) in [5.74, 6) is -3.44. The summed E-state index contributed by atoms with van der Waals surface area (Å²) < 4.78 is 5.15. The zero-order valence-corrected chi connectivity index (χ0v) is 19.9. The Hall–Kier alpha value is -3.24. The van der Waals surface area contributed by atoms with E-state index in [1.165, 1.54) is 11.1 Å². The molecule has 2 aromatic rings. The lowest BCUT2D eigenvalue weighted by Gasteiger charge is -2.39. The Morgan fingerprint density at radius 3 is 1.91 bits per heavy atom. The van der Waals surface area contributed by atoms with Gasteiger partial charge >= 0.3 is 17.9 Å². The predicted molar refractivity (Wildman–Crippen MR) is 131 cm³/mol. The van der Waals surface area contributed by atoms with Gasteiger partial charge in [-0.15, -0.1) is 0 Å². The molecule has 1 atom stereocenters. The summed E-state index contributed by atoms with van der Waals surface area (Å²) in [5, 5.41) is 25.0. The Kier molecular flexibility index (Phi) is 11.9. The first-order valence-electron chi connectivity index (χ1n) is 11.0. The fourth-order valence-corrected chi connectivity index (χ4v) is 3.76. The molecule has 0 saturated carbocycles. The lowest BCUT2D eigenvalue weighted by molar-refractivity contribution is -0.142. The van der Waals surface area contributed by atoms with Crippen LogP contribution in [0.5, 0.6) is 0 Å². The van der Waals surface area contributed by atoms with Crippen LogP contribution in [0.2, 0.25) is 5.02 Å². The number of rotatable bonds is 10. The third-order valence-electron chi connectivity index (χ3n) is 5.22. The molecule has 2 aromatic carbocycles. The van der Waals surface area contributed by atoms with Crippen molar-refractivity contribution in [1.82, 2.24) is 9.80 Å². The number of halogens is 1. The van der Waals surface area contributed by atoms with Gasteiger partial charge in [0.05, 0.1) is 12.6 Å². The normalized spacial score (nSPS) is 15.2.